The quantitative estimate of drug-likeness (QED) is 0.166. The van der Waals surface area contributed by atoms with Crippen molar-refractivity contribution < 1.29 is 34.4 Å². The third kappa shape index (κ3) is 5.23. The van der Waals surface area contributed by atoms with Crippen LogP contribution in [0.2, 0.25) is 0 Å². The zero-order valence-corrected chi connectivity index (χ0v) is 15.4. The number of phenols is 2. The second-order valence-corrected chi connectivity index (χ2v) is 6.40. The first-order chi connectivity index (χ1) is 13.2. The third-order valence-corrected chi connectivity index (χ3v) is 4.30. The van der Waals surface area contributed by atoms with Gasteiger partial charge in [-0.3, -0.25) is 9.59 Å². The number of hydroxylamine groups is 1. The number of para-hydroxylation sites is 1. The van der Waals surface area contributed by atoms with E-state index in [0.29, 0.717) is 15.9 Å². The molecule has 3 N–H and O–H groups in total. The average molecular weight is 387 g/mol. The Morgan fingerprint density at radius 2 is 1.79 bits per heavy atom. The van der Waals surface area contributed by atoms with Gasteiger partial charge in [-0.15, -0.1) is 0 Å². The van der Waals surface area contributed by atoms with Crippen molar-refractivity contribution in [2.75, 3.05) is 0 Å². The van der Waals surface area contributed by atoms with Crippen LogP contribution in [-0.2, 0) is 16.1 Å². The first kappa shape index (κ1) is 20.8. The maximum absolute atomic E-state index is 12.1. The van der Waals surface area contributed by atoms with Gasteiger partial charge in [0, 0.05) is 5.56 Å². The molecule has 0 fully saturated rings. The number of phenolic OH excluding ortho intramolecular Hbond substituents is 2. The van der Waals surface area contributed by atoms with E-state index in [1.807, 2.05) is 0 Å². The standard InChI is InChI=1S/C20H21NO7/c1-12(19(24)25)13(2)20(26)28-18-9-14(7-8-17(18)23)10-21(27)11-15-5-3-4-6-16(15)22/h3-9,11-13,22-23H,10H2,1-2H3,(H,24,25)/b21-11-. The van der Waals surface area contributed by atoms with Crippen molar-refractivity contribution in [3.05, 3.63) is 58.8 Å². The molecular weight excluding hydrogens is 366 g/mol. The van der Waals surface area contributed by atoms with Crippen LogP contribution in [0.3, 0.4) is 0 Å². The number of nitrogens with zero attached hydrogens (tertiary/aromatic N) is 1. The molecule has 0 bridgehead atoms. The van der Waals surface area contributed by atoms with E-state index in [9.17, 15) is 25.0 Å². The second kappa shape index (κ2) is 8.90. The Hall–Kier alpha value is -3.55. The van der Waals surface area contributed by atoms with Crippen molar-refractivity contribution in [2.24, 2.45) is 11.8 Å². The summed E-state index contributed by atoms with van der Waals surface area (Å²) in [7, 11) is 0. The van der Waals surface area contributed by atoms with Gasteiger partial charge in [0.05, 0.1) is 17.4 Å². The molecule has 0 aliphatic heterocycles. The maximum atomic E-state index is 12.1. The highest BCUT2D eigenvalue weighted by atomic mass is 16.5. The zero-order chi connectivity index (χ0) is 20.8. The summed E-state index contributed by atoms with van der Waals surface area (Å²) in [5.41, 5.74) is 0.792. The fraction of sp³-hybridized carbons (Fsp3) is 0.250. The molecule has 0 saturated carbocycles. The first-order valence-corrected chi connectivity index (χ1v) is 8.52. The number of esters is 1. The van der Waals surface area contributed by atoms with Crippen molar-refractivity contribution in [3.8, 4) is 17.2 Å². The number of aliphatic carboxylic acids is 1. The lowest BCUT2D eigenvalue weighted by Gasteiger charge is -2.15. The van der Waals surface area contributed by atoms with E-state index in [2.05, 4.69) is 0 Å². The Morgan fingerprint density at radius 1 is 1.11 bits per heavy atom. The SMILES string of the molecule is CC(C(=O)O)C(C)C(=O)Oc1cc(C/[N+]([O-])=C/c2ccccc2O)ccc1O. The number of carboxylic acids is 1. The van der Waals surface area contributed by atoms with Gasteiger partial charge < -0.3 is 25.3 Å². The first-order valence-electron chi connectivity index (χ1n) is 8.52. The Kier molecular flexibility index (Phi) is 6.59. The number of aromatic hydroxyl groups is 2. The second-order valence-electron chi connectivity index (χ2n) is 6.40. The fourth-order valence-electron chi connectivity index (χ4n) is 2.34. The minimum atomic E-state index is -1.14. The molecule has 2 aromatic rings. The molecule has 2 rings (SSSR count). The summed E-state index contributed by atoms with van der Waals surface area (Å²) in [6.45, 7) is 2.68. The lowest BCUT2D eigenvalue weighted by molar-refractivity contribution is -0.469. The van der Waals surface area contributed by atoms with E-state index in [1.165, 1.54) is 44.3 Å². The molecule has 0 radical (unpaired) electrons. The number of carbonyl (C=O) groups excluding carboxylic acids is 1. The number of ether oxygens (including phenoxy) is 1. The number of hydrogen-bond donors (Lipinski definition) is 3. The van der Waals surface area contributed by atoms with E-state index in [-0.39, 0.29) is 23.8 Å². The summed E-state index contributed by atoms with van der Waals surface area (Å²) in [6, 6.07) is 10.4. The molecule has 8 heteroatoms. The number of carbonyl (C=O) groups is 2. The highest BCUT2D eigenvalue weighted by Crippen LogP contribution is 2.28. The predicted octanol–water partition coefficient (Wildman–Crippen LogP) is 2.49. The molecule has 0 aromatic heterocycles. The van der Waals surface area contributed by atoms with Gasteiger partial charge in [-0.2, -0.15) is 0 Å². The Balaban J connectivity index is 2.15. The van der Waals surface area contributed by atoms with Crippen LogP contribution in [0.15, 0.2) is 42.5 Å². The van der Waals surface area contributed by atoms with Gasteiger partial charge in [0.25, 0.3) is 0 Å². The minimum absolute atomic E-state index is 0.0368. The maximum Gasteiger partial charge on any atom is 0.315 e. The molecule has 2 unspecified atom stereocenters. The molecule has 148 valence electrons. The van der Waals surface area contributed by atoms with Gasteiger partial charge >= 0.3 is 11.9 Å². The molecule has 0 amide bonds. The summed E-state index contributed by atoms with van der Waals surface area (Å²) in [5.74, 6) is -4.33. The molecule has 0 spiro atoms. The van der Waals surface area contributed by atoms with Crippen molar-refractivity contribution in [2.45, 2.75) is 20.4 Å². The lowest BCUT2D eigenvalue weighted by atomic mass is 9.96. The number of rotatable bonds is 7. The van der Waals surface area contributed by atoms with E-state index < -0.39 is 23.8 Å². The largest absolute Gasteiger partial charge is 0.624 e. The van der Waals surface area contributed by atoms with Crippen molar-refractivity contribution in [1.29, 1.82) is 0 Å². The van der Waals surface area contributed by atoms with Gasteiger partial charge in [-0.25, -0.2) is 4.74 Å². The fourth-order valence-corrected chi connectivity index (χ4v) is 2.34. The van der Waals surface area contributed by atoms with E-state index in [1.54, 1.807) is 18.2 Å². The topological polar surface area (TPSA) is 130 Å². The van der Waals surface area contributed by atoms with Gasteiger partial charge in [0.2, 0.25) is 0 Å². The van der Waals surface area contributed by atoms with Crippen molar-refractivity contribution in [3.63, 3.8) is 0 Å². The Morgan fingerprint density at radius 3 is 2.43 bits per heavy atom. The van der Waals surface area contributed by atoms with Crippen LogP contribution in [0.4, 0.5) is 0 Å². The summed E-state index contributed by atoms with van der Waals surface area (Å²) in [4.78, 5) is 23.1. The number of benzene rings is 2. The molecule has 0 heterocycles. The highest BCUT2D eigenvalue weighted by molar-refractivity contribution is 5.82. The Bertz CT molecular complexity index is 907. The molecule has 0 aliphatic rings. The highest BCUT2D eigenvalue weighted by Gasteiger charge is 2.28. The third-order valence-electron chi connectivity index (χ3n) is 4.30. The monoisotopic (exact) mass is 387 g/mol. The molecule has 0 saturated heterocycles. The van der Waals surface area contributed by atoms with E-state index in [4.69, 9.17) is 9.84 Å². The van der Waals surface area contributed by atoms with Gasteiger partial charge in [0.15, 0.2) is 24.3 Å². The van der Waals surface area contributed by atoms with Gasteiger partial charge in [-0.05, 0) is 30.3 Å². The molecule has 2 atom stereocenters. The van der Waals surface area contributed by atoms with Crippen LogP contribution in [0.25, 0.3) is 0 Å². The smallest absolute Gasteiger partial charge is 0.315 e. The van der Waals surface area contributed by atoms with Crippen LogP contribution in [0, 0.1) is 17.0 Å². The lowest BCUT2D eigenvalue weighted by Crippen LogP contribution is -2.28. The molecular formula is C20H21NO7. The summed E-state index contributed by atoms with van der Waals surface area (Å²) < 4.78 is 5.70. The molecule has 2 aromatic carbocycles. The van der Waals surface area contributed by atoms with E-state index in [0.717, 1.165) is 0 Å². The van der Waals surface area contributed by atoms with Crippen LogP contribution in [0.1, 0.15) is 25.0 Å². The van der Waals surface area contributed by atoms with Crippen molar-refractivity contribution >= 4 is 18.2 Å². The van der Waals surface area contributed by atoms with Crippen LogP contribution in [0.5, 0.6) is 17.2 Å². The van der Waals surface area contributed by atoms with Gasteiger partial charge in [0.1, 0.15) is 5.75 Å². The summed E-state index contributed by atoms with van der Waals surface area (Å²) in [6.07, 6.45) is 1.21. The molecule has 28 heavy (non-hydrogen) atoms. The van der Waals surface area contributed by atoms with Crippen molar-refractivity contribution in [1.82, 2.24) is 0 Å². The van der Waals surface area contributed by atoms with Crippen LogP contribution >= 0.6 is 0 Å². The molecule has 0 aliphatic carbocycles. The van der Waals surface area contributed by atoms with Crippen LogP contribution < -0.4 is 4.74 Å². The predicted molar refractivity (Wildman–Crippen MR) is 100 cm³/mol. The normalized spacial score (nSPS) is 13.6. The van der Waals surface area contributed by atoms with Gasteiger partial charge in [-0.1, -0.05) is 26.0 Å². The summed E-state index contributed by atoms with van der Waals surface area (Å²) >= 11 is 0. The number of carboxylic acid groups (broad SMARTS) is 1. The van der Waals surface area contributed by atoms with E-state index >= 15 is 0 Å². The summed E-state index contributed by atoms with van der Waals surface area (Å²) in [5, 5.41) is 40.7. The average Bonchev–Trinajstić information content (AvgIpc) is 2.64. The molecule has 8 nitrogen and oxygen atoms in total. The number of hydrogen-bond acceptors (Lipinski definition) is 6. The van der Waals surface area contributed by atoms with Crippen LogP contribution in [-0.4, -0.2) is 38.2 Å². The zero-order valence-electron chi connectivity index (χ0n) is 15.4. The minimum Gasteiger partial charge on any atom is -0.624 e. The Labute approximate surface area is 161 Å².